The molecule has 0 aliphatic carbocycles. The monoisotopic (exact) mass is 104 g/mol. The van der Waals surface area contributed by atoms with Crippen LogP contribution in [0.2, 0.25) is 0 Å². The molecule has 0 aromatic carbocycles. The Balaban J connectivity index is 2.81. The van der Waals surface area contributed by atoms with Crippen molar-refractivity contribution in [3.63, 3.8) is 0 Å². The van der Waals surface area contributed by atoms with Gasteiger partial charge in [-0.1, -0.05) is 6.58 Å². The van der Waals surface area contributed by atoms with E-state index in [9.17, 15) is 0 Å². The minimum Gasteiger partial charge on any atom is -0.497 e. The van der Waals surface area contributed by atoms with Gasteiger partial charge in [0.15, 0.2) is 6.29 Å². The summed E-state index contributed by atoms with van der Waals surface area (Å²) in [4.78, 5) is 0. The molecule has 0 aliphatic rings. The van der Waals surface area contributed by atoms with Crippen LogP contribution in [0.1, 0.15) is 0 Å². The Labute approximate surface area is 41.8 Å². The molecule has 0 radical (unpaired) electrons. The average Bonchev–Trinajstić information content (AvgIpc) is 1.61. The molecule has 3 nitrogen and oxygen atoms in total. The average molecular weight is 104 g/mol. The SMILES string of the molecule is C=COCC(O)O. The number of hydrogen-bond acceptors (Lipinski definition) is 3. The molecule has 0 amide bonds. The van der Waals surface area contributed by atoms with Gasteiger partial charge in [-0.25, -0.2) is 0 Å². The maximum atomic E-state index is 8.07. The minimum atomic E-state index is -1.39. The summed E-state index contributed by atoms with van der Waals surface area (Å²) in [6.07, 6.45) is -0.239. The van der Waals surface area contributed by atoms with E-state index in [0.29, 0.717) is 0 Å². The highest BCUT2D eigenvalue weighted by atomic mass is 16.5. The second kappa shape index (κ2) is 3.64. The summed E-state index contributed by atoms with van der Waals surface area (Å²) in [6, 6.07) is 0. The fraction of sp³-hybridized carbons (Fsp3) is 0.500. The molecule has 0 bridgehead atoms. The van der Waals surface area contributed by atoms with Crippen molar-refractivity contribution in [2.45, 2.75) is 6.29 Å². The maximum Gasteiger partial charge on any atom is 0.186 e. The third kappa shape index (κ3) is 5.46. The van der Waals surface area contributed by atoms with Gasteiger partial charge in [-0.3, -0.25) is 0 Å². The number of ether oxygens (including phenoxy) is 1. The summed E-state index contributed by atoms with van der Waals surface area (Å²) in [5.41, 5.74) is 0. The van der Waals surface area contributed by atoms with Gasteiger partial charge in [0.2, 0.25) is 0 Å². The van der Waals surface area contributed by atoms with E-state index in [1.165, 1.54) is 0 Å². The lowest BCUT2D eigenvalue weighted by atomic mass is 10.7. The highest BCUT2D eigenvalue weighted by molar-refractivity contribution is 4.48. The van der Waals surface area contributed by atoms with Gasteiger partial charge in [0, 0.05) is 0 Å². The van der Waals surface area contributed by atoms with Crippen molar-refractivity contribution in [1.82, 2.24) is 0 Å². The smallest absolute Gasteiger partial charge is 0.186 e. The van der Waals surface area contributed by atoms with E-state index in [4.69, 9.17) is 10.2 Å². The quantitative estimate of drug-likeness (QED) is 0.373. The second-order valence-corrected chi connectivity index (χ2v) is 0.981. The molecule has 0 saturated heterocycles. The zero-order chi connectivity index (χ0) is 5.70. The van der Waals surface area contributed by atoms with E-state index in [-0.39, 0.29) is 6.61 Å². The fourth-order valence-electron chi connectivity index (χ4n) is 0.154. The molecule has 0 aliphatic heterocycles. The first-order valence-corrected chi connectivity index (χ1v) is 1.86. The number of rotatable bonds is 3. The third-order valence-electron chi connectivity index (χ3n) is 0.363. The first-order valence-electron chi connectivity index (χ1n) is 1.86. The van der Waals surface area contributed by atoms with E-state index in [1.54, 1.807) is 0 Å². The van der Waals surface area contributed by atoms with Crippen LogP contribution in [-0.4, -0.2) is 23.1 Å². The zero-order valence-electron chi connectivity index (χ0n) is 3.87. The van der Waals surface area contributed by atoms with Crippen LogP contribution in [0.25, 0.3) is 0 Å². The standard InChI is InChI=1S/C4H8O3/c1-2-7-3-4(5)6/h2,4-6H,1,3H2. The van der Waals surface area contributed by atoms with Crippen molar-refractivity contribution in [3.8, 4) is 0 Å². The van der Waals surface area contributed by atoms with E-state index in [0.717, 1.165) is 6.26 Å². The molecular weight excluding hydrogens is 96.0 g/mol. The lowest BCUT2D eigenvalue weighted by Crippen LogP contribution is -2.10. The summed E-state index contributed by atoms with van der Waals surface area (Å²) >= 11 is 0. The number of hydrogen-bond donors (Lipinski definition) is 2. The summed E-state index contributed by atoms with van der Waals surface area (Å²) in [6.45, 7) is 3.08. The topological polar surface area (TPSA) is 49.7 Å². The Kier molecular flexibility index (Phi) is 3.36. The molecular formula is C4H8O3. The van der Waals surface area contributed by atoms with Crippen molar-refractivity contribution in [2.75, 3.05) is 6.61 Å². The van der Waals surface area contributed by atoms with Gasteiger partial charge in [-0.2, -0.15) is 0 Å². The van der Waals surface area contributed by atoms with Crippen molar-refractivity contribution >= 4 is 0 Å². The summed E-state index contributed by atoms with van der Waals surface area (Å²) in [5.74, 6) is 0. The Morgan fingerprint density at radius 2 is 2.29 bits per heavy atom. The molecule has 0 rings (SSSR count). The van der Waals surface area contributed by atoms with E-state index in [1.807, 2.05) is 0 Å². The van der Waals surface area contributed by atoms with Gasteiger partial charge in [0.25, 0.3) is 0 Å². The van der Waals surface area contributed by atoms with Crippen LogP contribution in [0.15, 0.2) is 12.8 Å². The summed E-state index contributed by atoms with van der Waals surface area (Å²) in [5, 5.41) is 16.1. The van der Waals surface area contributed by atoms with Gasteiger partial charge in [0.05, 0.1) is 6.26 Å². The van der Waals surface area contributed by atoms with Crippen LogP contribution in [0.3, 0.4) is 0 Å². The van der Waals surface area contributed by atoms with Gasteiger partial charge < -0.3 is 14.9 Å². The lowest BCUT2D eigenvalue weighted by molar-refractivity contribution is -0.0775. The highest BCUT2D eigenvalue weighted by Gasteiger charge is 1.91. The molecule has 0 aromatic rings. The summed E-state index contributed by atoms with van der Waals surface area (Å²) in [7, 11) is 0. The molecule has 0 heterocycles. The van der Waals surface area contributed by atoms with Gasteiger partial charge >= 0.3 is 0 Å². The van der Waals surface area contributed by atoms with Gasteiger partial charge in [0.1, 0.15) is 6.61 Å². The molecule has 0 spiro atoms. The number of aliphatic hydroxyl groups is 2. The Morgan fingerprint density at radius 3 is 2.43 bits per heavy atom. The molecule has 2 N–H and O–H groups in total. The van der Waals surface area contributed by atoms with Crippen LogP contribution in [0.4, 0.5) is 0 Å². The molecule has 7 heavy (non-hydrogen) atoms. The van der Waals surface area contributed by atoms with Crippen LogP contribution in [-0.2, 0) is 4.74 Å². The molecule has 42 valence electrons. The molecule has 3 heteroatoms. The van der Waals surface area contributed by atoms with Crippen molar-refractivity contribution in [1.29, 1.82) is 0 Å². The fourth-order valence-corrected chi connectivity index (χ4v) is 0.154. The van der Waals surface area contributed by atoms with Crippen LogP contribution in [0.5, 0.6) is 0 Å². The Morgan fingerprint density at radius 1 is 1.71 bits per heavy atom. The zero-order valence-corrected chi connectivity index (χ0v) is 3.87. The first-order chi connectivity index (χ1) is 3.27. The van der Waals surface area contributed by atoms with Crippen molar-refractivity contribution in [3.05, 3.63) is 12.8 Å². The van der Waals surface area contributed by atoms with E-state index in [2.05, 4.69) is 11.3 Å². The predicted octanol–water partition coefficient (Wildman–Crippen LogP) is -0.543. The van der Waals surface area contributed by atoms with Crippen LogP contribution < -0.4 is 0 Å². The predicted molar refractivity (Wildman–Crippen MR) is 24.4 cm³/mol. The normalized spacial score (nSPS) is 9.00. The Hall–Kier alpha value is -0.540. The Bertz CT molecular complexity index is 50.9. The molecule has 0 aromatic heterocycles. The van der Waals surface area contributed by atoms with E-state index >= 15 is 0 Å². The molecule has 0 fully saturated rings. The van der Waals surface area contributed by atoms with Gasteiger partial charge in [-0.15, -0.1) is 0 Å². The van der Waals surface area contributed by atoms with Crippen LogP contribution in [0, 0.1) is 0 Å². The largest absolute Gasteiger partial charge is 0.497 e. The van der Waals surface area contributed by atoms with Crippen molar-refractivity contribution < 1.29 is 14.9 Å². The molecule has 0 atom stereocenters. The van der Waals surface area contributed by atoms with Gasteiger partial charge in [-0.05, 0) is 0 Å². The minimum absolute atomic E-state index is 0.108. The number of aliphatic hydroxyl groups excluding tert-OH is 1. The maximum absolute atomic E-state index is 8.07. The molecule has 0 unspecified atom stereocenters. The van der Waals surface area contributed by atoms with Crippen molar-refractivity contribution in [2.24, 2.45) is 0 Å². The molecule has 0 saturated carbocycles. The van der Waals surface area contributed by atoms with Crippen LogP contribution >= 0.6 is 0 Å². The third-order valence-corrected chi connectivity index (χ3v) is 0.363. The summed E-state index contributed by atoms with van der Waals surface area (Å²) < 4.78 is 4.36. The highest BCUT2D eigenvalue weighted by Crippen LogP contribution is 1.76. The second-order valence-electron chi connectivity index (χ2n) is 0.981. The lowest BCUT2D eigenvalue weighted by Gasteiger charge is -1.99. The van der Waals surface area contributed by atoms with E-state index < -0.39 is 6.29 Å². The first kappa shape index (κ1) is 6.46.